The normalized spacial score (nSPS) is 11.0. The molecule has 1 N–H and O–H groups in total. The molecule has 0 amide bonds. The Morgan fingerprint density at radius 2 is 2.00 bits per heavy atom. The number of hydrogen-bond donors (Lipinski definition) is 1. The zero-order valence-corrected chi connectivity index (χ0v) is 11.2. The van der Waals surface area contributed by atoms with Gasteiger partial charge in [-0.15, -0.1) is 11.3 Å². The largest absolute Gasteiger partial charge is 0.508 e. The lowest BCUT2D eigenvalue weighted by Crippen LogP contribution is -1.79. The molecule has 0 spiro atoms. The first-order valence-corrected chi connectivity index (χ1v) is 6.69. The quantitative estimate of drug-likeness (QED) is 0.702. The number of aromatic nitrogens is 1. The Bertz CT molecular complexity index is 736. The summed E-state index contributed by atoms with van der Waals surface area (Å²) in [5, 5.41) is 11.2. The second kappa shape index (κ2) is 4.26. The molecule has 3 rings (SSSR count). The van der Waals surface area contributed by atoms with E-state index >= 15 is 0 Å². The molecule has 90 valence electrons. The van der Waals surface area contributed by atoms with E-state index in [2.05, 4.69) is 4.98 Å². The van der Waals surface area contributed by atoms with Crippen molar-refractivity contribution in [2.45, 2.75) is 6.92 Å². The number of hydrogen-bond acceptors (Lipinski definition) is 3. The maximum absolute atomic E-state index is 9.53. The first kappa shape index (κ1) is 11.5. The highest BCUT2D eigenvalue weighted by Crippen LogP contribution is 2.33. The average Bonchev–Trinajstić information content (AvgIpc) is 2.75. The van der Waals surface area contributed by atoms with Gasteiger partial charge in [-0.05, 0) is 48.9 Å². The first-order valence-electron chi connectivity index (χ1n) is 5.49. The number of aromatic hydroxyl groups is 1. The molecular weight excluding hydrogens is 266 g/mol. The molecule has 0 radical (unpaired) electrons. The maximum Gasteiger partial charge on any atom is 0.124 e. The van der Waals surface area contributed by atoms with Crippen LogP contribution in [0.5, 0.6) is 5.75 Å². The van der Waals surface area contributed by atoms with E-state index in [1.54, 1.807) is 17.4 Å². The zero-order valence-electron chi connectivity index (χ0n) is 9.64. The third-order valence-electron chi connectivity index (χ3n) is 2.79. The molecule has 0 fully saturated rings. The number of benzene rings is 2. The van der Waals surface area contributed by atoms with Crippen LogP contribution in [0.15, 0.2) is 36.4 Å². The van der Waals surface area contributed by atoms with E-state index in [0.717, 1.165) is 31.4 Å². The summed E-state index contributed by atoms with van der Waals surface area (Å²) in [5.74, 6) is 0.308. The maximum atomic E-state index is 9.53. The van der Waals surface area contributed by atoms with Crippen LogP contribution in [-0.2, 0) is 0 Å². The summed E-state index contributed by atoms with van der Waals surface area (Å²) in [4.78, 5) is 4.57. The molecule has 2 aromatic carbocycles. The first-order chi connectivity index (χ1) is 8.63. The van der Waals surface area contributed by atoms with Crippen molar-refractivity contribution in [2.24, 2.45) is 0 Å². The fourth-order valence-corrected chi connectivity index (χ4v) is 3.05. The van der Waals surface area contributed by atoms with Gasteiger partial charge in [0.2, 0.25) is 0 Å². The minimum absolute atomic E-state index is 0.308. The van der Waals surface area contributed by atoms with E-state index in [1.165, 1.54) is 0 Å². The second-order valence-corrected chi connectivity index (χ2v) is 5.60. The molecule has 2 nitrogen and oxygen atoms in total. The minimum Gasteiger partial charge on any atom is -0.508 e. The van der Waals surface area contributed by atoms with Gasteiger partial charge in [0.15, 0.2) is 0 Å². The molecule has 0 aliphatic heterocycles. The average molecular weight is 276 g/mol. The highest BCUT2D eigenvalue weighted by molar-refractivity contribution is 7.21. The number of rotatable bonds is 1. The highest BCUT2D eigenvalue weighted by Gasteiger charge is 2.08. The minimum atomic E-state index is 0.308. The van der Waals surface area contributed by atoms with Crippen molar-refractivity contribution in [3.05, 3.63) is 47.0 Å². The summed E-state index contributed by atoms with van der Waals surface area (Å²) in [6.07, 6.45) is 0. The molecule has 0 unspecified atom stereocenters. The van der Waals surface area contributed by atoms with Gasteiger partial charge in [-0.2, -0.15) is 0 Å². The van der Waals surface area contributed by atoms with E-state index in [-0.39, 0.29) is 0 Å². The van der Waals surface area contributed by atoms with Crippen molar-refractivity contribution in [1.82, 2.24) is 4.98 Å². The van der Waals surface area contributed by atoms with Crippen molar-refractivity contribution in [1.29, 1.82) is 0 Å². The van der Waals surface area contributed by atoms with Gasteiger partial charge in [-0.1, -0.05) is 11.6 Å². The van der Waals surface area contributed by atoms with Gasteiger partial charge in [-0.25, -0.2) is 4.98 Å². The summed E-state index contributed by atoms with van der Waals surface area (Å²) in [5.41, 5.74) is 2.82. The molecule has 1 aromatic heterocycles. The monoisotopic (exact) mass is 275 g/mol. The summed E-state index contributed by atoms with van der Waals surface area (Å²) >= 11 is 7.57. The van der Waals surface area contributed by atoms with Crippen molar-refractivity contribution in [3.8, 4) is 16.3 Å². The highest BCUT2D eigenvalue weighted by atomic mass is 35.5. The summed E-state index contributed by atoms with van der Waals surface area (Å²) in [6, 6.07) is 11.2. The van der Waals surface area contributed by atoms with Gasteiger partial charge >= 0.3 is 0 Å². The van der Waals surface area contributed by atoms with Gasteiger partial charge in [0.1, 0.15) is 10.8 Å². The van der Waals surface area contributed by atoms with Crippen LogP contribution < -0.4 is 0 Å². The standard InChI is InChI=1S/C14H10ClNOS/c1-8-6-9(2-5-12(8)17)14-16-11-4-3-10(15)7-13(11)18-14/h2-7,17H,1H3. The van der Waals surface area contributed by atoms with Crippen LogP contribution in [0, 0.1) is 6.92 Å². The van der Waals surface area contributed by atoms with Gasteiger partial charge < -0.3 is 5.11 Å². The third-order valence-corrected chi connectivity index (χ3v) is 4.10. The smallest absolute Gasteiger partial charge is 0.124 e. The van der Waals surface area contributed by atoms with Crippen LogP contribution in [0.4, 0.5) is 0 Å². The Balaban J connectivity index is 2.16. The number of fused-ring (bicyclic) bond motifs is 1. The number of thiazole rings is 1. The Labute approximate surface area is 113 Å². The number of nitrogens with zero attached hydrogens (tertiary/aromatic N) is 1. The Hall–Kier alpha value is -1.58. The Kier molecular flexibility index (Phi) is 2.73. The fourth-order valence-electron chi connectivity index (χ4n) is 1.81. The molecule has 0 saturated heterocycles. The predicted octanol–water partition coefficient (Wildman–Crippen LogP) is 4.63. The van der Waals surface area contributed by atoms with E-state index in [1.807, 2.05) is 37.3 Å². The third kappa shape index (κ3) is 1.96. The van der Waals surface area contributed by atoms with Crippen molar-refractivity contribution < 1.29 is 5.11 Å². The molecule has 3 aromatic rings. The Morgan fingerprint density at radius 3 is 2.78 bits per heavy atom. The van der Waals surface area contributed by atoms with Crippen LogP contribution in [0.2, 0.25) is 5.02 Å². The molecule has 0 atom stereocenters. The van der Waals surface area contributed by atoms with E-state index in [9.17, 15) is 5.11 Å². The van der Waals surface area contributed by atoms with Gasteiger partial charge in [0, 0.05) is 10.6 Å². The van der Waals surface area contributed by atoms with Crippen LogP contribution in [0.1, 0.15) is 5.56 Å². The van der Waals surface area contributed by atoms with Crippen molar-refractivity contribution in [2.75, 3.05) is 0 Å². The molecule has 18 heavy (non-hydrogen) atoms. The zero-order chi connectivity index (χ0) is 12.7. The predicted molar refractivity (Wildman–Crippen MR) is 76.5 cm³/mol. The topological polar surface area (TPSA) is 33.1 Å². The molecule has 4 heteroatoms. The number of halogens is 1. The lowest BCUT2D eigenvalue weighted by molar-refractivity contribution is 0.471. The van der Waals surface area contributed by atoms with Crippen molar-refractivity contribution >= 4 is 33.2 Å². The SMILES string of the molecule is Cc1cc(-c2nc3ccc(Cl)cc3s2)ccc1O. The number of phenols is 1. The van der Waals surface area contributed by atoms with E-state index < -0.39 is 0 Å². The van der Waals surface area contributed by atoms with Gasteiger partial charge in [0.25, 0.3) is 0 Å². The molecule has 0 bridgehead atoms. The molecular formula is C14H10ClNOS. The number of aryl methyl sites for hydroxylation is 1. The van der Waals surface area contributed by atoms with Gasteiger partial charge in [-0.3, -0.25) is 0 Å². The number of phenolic OH excluding ortho intramolecular Hbond substituents is 1. The van der Waals surface area contributed by atoms with Crippen LogP contribution >= 0.6 is 22.9 Å². The second-order valence-electron chi connectivity index (χ2n) is 4.13. The molecule has 0 aliphatic carbocycles. The fraction of sp³-hybridized carbons (Fsp3) is 0.0714. The van der Waals surface area contributed by atoms with Crippen LogP contribution in [0.3, 0.4) is 0 Å². The summed E-state index contributed by atoms with van der Waals surface area (Å²) in [6.45, 7) is 1.88. The van der Waals surface area contributed by atoms with Crippen molar-refractivity contribution in [3.63, 3.8) is 0 Å². The molecule has 0 saturated carbocycles. The molecule has 1 heterocycles. The summed E-state index contributed by atoms with van der Waals surface area (Å²) < 4.78 is 1.07. The lowest BCUT2D eigenvalue weighted by atomic mass is 10.1. The van der Waals surface area contributed by atoms with E-state index in [4.69, 9.17) is 11.6 Å². The molecule has 0 aliphatic rings. The Morgan fingerprint density at radius 1 is 1.17 bits per heavy atom. The van der Waals surface area contributed by atoms with Gasteiger partial charge in [0.05, 0.1) is 10.2 Å². The summed E-state index contributed by atoms with van der Waals surface area (Å²) in [7, 11) is 0. The van der Waals surface area contributed by atoms with Crippen LogP contribution in [0.25, 0.3) is 20.8 Å². The van der Waals surface area contributed by atoms with Crippen LogP contribution in [-0.4, -0.2) is 10.1 Å². The lowest BCUT2D eigenvalue weighted by Gasteiger charge is -2.00. The van der Waals surface area contributed by atoms with E-state index in [0.29, 0.717) is 5.75 Å².